The number of fused-ring (bicyclic) bond motifs is 1. The minimum atomic E-state index is 0.249. The zero-order valence-corrected chi connectivity index (χ0v) is 12.3. The van der Waals surface area contributed by atoms with E-state index in [0.29, 0.717) is 6.79 Å². The monoisotopic (exact) mass is 264 g/mol. The fraction of sp³-hybridized carbons (Fsp3) is 0.600. The lowest BCUT2D eigenvalue weighted by Crippen LogP contribution is -2.37. The average molecular weight is 264 g/mol. The Hall–Kier alpha value is -1.26. The van der Waals surface area contributed by atoms with Crippen molar-refractivity contribution in [1.29, 1.82) is 0 Å². The van der Waals surface area contributed by atoms with Gasteiger partial charge in [-0.25, -0.2) is 0 Å². The van der Waals surface area contributed by atoms with Crippen LogP contribution in [0.2, 0.25) is 0 Å². The Morgan fingerprint density at radius 2 is 2.05 bits per heavy atom. The van der Waals surface area contributed by atoms with E-state index in [9.17, 15) is 0 Å². The van der Waals surface area contributed by atoms with E-state index in [1.54, 1.807) is 0 Å². The molecule has 1 aliphatic rings. The molecule has 0 radical (unpaired) electrons. The molecule has 106 valence electrons. The quantitative estimate of drug-likeness (QED) is 0.853. The van der Waals surface area contributed by atoms with E-state index in [1.807, 2.05) is 12.1 Å². The molecule has 0 unspecified atom stereocenters. The molecule has 1 heterocycles. The number of hydrogen-bond donors (Lipinski definition) is 1. The second kappa shape index (κ2) is 5.80. The third-order valence-corrected chi connectivity index (χ3v) is 3.14. The van der Waals surface area contributed by atoms with Crippen LogP contribution < -0.4 is 14.8 Å². The van der Waals surface area contributed by atoms with Crippen molar-refractivity contribution in [3.63, 3.8) is 0 Å². The largest absolute Gasteiger partial charge is 0.454 e. The van der Waals surface area contributed by atoms with Gasteiger partial charge in [-0.05, 0) is 25.6 Å². The molecule has 0 atom stereocenters. The zero-order chi connectivity index (χ0) is 13.9. The van der Waals surface area contributed by atoms with Gasteiger partial charge in [-0.1, -0.05) is 26.0 Å². The smallest absolute Gasteiger partial charge is 0.231 e. The fourth-order valence-electron chi connectivity index (χ4n) is 2.58. The van der Waals surface area contributed by atoms with Crippen molar-refractivity contribution < 1.29 is 9.47 Å². The van der Waals surface area contributed by atoms with E-state index in [0.717, 1.165) is 36.7 Å². The normalized spacial score (nSPS) is 14.2. The number of para-hydroxylation sites is 1. The third-order valence-electron chi connectivity index (χ3n) is 3.14. The Morgan fingerprint density at radius 1 is 1.26 bits per heavy atom. The first-order chi connectivity index (χ1) is 8.98. The van der Waals surface area contributed by atoms with Crippen molar-refractivity contribution >= 4 is 0 Å². The fourth-order valence-corrected chi connectivity index (χ4v) is 2.58. The van der Waals surface area contributed by atoms with Crippen molar-refractivity contribution in [3.05, 3.63) is 23.8 Å². The molecular weight excluding hydrogens is 240 g/mol. The summed E-state index contributed by atoms with van der Waals surface area (Å²) in [6.07, 6.45) is 0. The van der Waals surface area contributed by atoms with E-state index < -0.39 is 0 Å². The summed E-state index contributed by atoms with van der Waals surface area (Å²) in [5, 5.41) is 3.51. The second-order valence-corrected chi connectivity index (χ2v) is 6.16. The van der Waals surface area contributed by atoms with E-state index in [2.05, 4.69) is 44.2 Å². The second-order valence-electron chi connectivity index (χ2n) is 6.16. The van der Waals surface area contributed by atoms with Gasteiger partial charge >= 0.3 is 0 Å². The van der Waals surface area contributed by atoms with Gasteiger partial charge in [0.25, 0.3) is 0 Å². The summed E-state index contributed by atoms with van der Waals surface area (Å²) in [5.74, 6) is 1.74. The van der Waals surface area contributed by atoms with Gasteiger partial charge in [-0.15, -0.1) is 0 Å². The summed E-state index contributed by atoms with van der Waals surface area (Å²) >= 11 is 0. The topological polar surface area (TPSA) is 33.7 Å². The number of nitrogens with zero attached hydrogens (tertiary/aromatic N) is 1. The van der Waals surface area contributed by atoms with E-state index in [1.165, 1.54) is 0 Å². The molecule has 4 nitrogen and oxygen atoms in total. The molecule has 0 bridgehead atoms. The van der Waals surface area contributed by atoms with Gasteiger partial charge in [0.05, 0.1) is 0 Å². The van der Waals surface area contributed by atoms with Gasteiger partial charge in [0.15, 0.2) is 11.5 Å². The van der Waals surface area contributed by atoms with Gasteiger partial charge in [-0.2, -0.15) is 0 Å². The highest BCUT2D eigenvalue weighted by Crippen LogP contribution is 2.35. The van der Waals surface area contributed by atoms with Crippen LogP contribution in [0.4, 0.5) is 0 Å². The van der Waals surface area contributed by atoms with Crippen LogP contribution in [0.3, 0.4) is 0 Å². The number of rotatable bonds is 6. The predicted octanol–water partition coefficient (Wildman–Crippen LogP) is 2.09. The number of benzene rings is 1. The molecule has 0 spiro atoms. The molecule has 0 aliphatic carbocycles. The molecule has 4 heteroatoms. The molecular formula is C15H24N2O2. The summed E-state index contributed by atoms with van der Waals surface area (Å²) in [4.78, 5) is 2.22. The molecule has 0 aromatic heterocycles. The van der Waals surface area contributed by atoms with Gasteiger partial charge in [-0.3, -0.25) is 0 Å². The Balaban J connectivity index is 1.88. The van der Waals surface area contributed by atoms with E-state index in [4.69, 9.17) is 9.47 Å². The first kappa shape index (κ1) is 14.2. The van der Waals surface area contributed by atoms with Gasteiger partial charge < -0.3 is 19.7 Å². The minimum Gasteiger partial charge on any atom is -0.454 e. The van der Waals surface area contributed by atoms with Crippen LogP contribution in [0.1, 0.15) is 19.4 Å². The number of nitrogens with one attached hydrogen (secondary N) is 1. The summed E-state index contributed by atoms with van der Waals surface area (Å²) < 4.78 is 10.9. The maximum atomic E-state index is 5.51. The molecule has 2 rings (SSSR count). The van der Waals surface area contributed by atoms with Crippen LogP contribution in [-0.2, 0) is 6.54 Å². The molecule has 1 aromatic rings. The van der Waals surface area contributed by atoms with Gasteiger partial charge in [0.2, 0.25) is 6.79 Å². The van der Waals surface area contributed by atoms with Crippen molar-refractivity contribution in [2.24, 2.45) is 5.41 Å². The van der Waals surface area contributed by atoms with Gasteiger partial charge in [0.1, 0.15) is 0 Å². The Kier molecular flexibility index (Phi) is 4.32. The van der Waals surface area contributed by atoms with Crippen LogP contribution in [0, 0.1) is 5.41 Å². The summed E-state index contributed by atoms with van der Waals surface area (Å²) in [6.45, 7) is 7.72. The Labute approximate surface area is 115 Å². The first-order valence-electron chi connectivity index (χ1n) is 6.71. The molecule has 1 aliphatic heterocycles. The van der Waals surface area contributed by atoms with Crippen LogP contribution in [-0.4, -0.2) is 38.9 Å². The highest BCUT2D eigenvalue weighted by atomic mass is 16.7. The Bertz CT molecular complexity index is 430. The lowest BCUT2D eigenvalue weighted by molar-refractivity contribution is 0.173. The summed E-state index contributed by atoms with van der Waals surface area (Å²) in [5.41, 5.74) is 1.41. The van der Waals surface area contributed by atoms with E-state index in [-0.39, 0.29) is 5.41 Å². The lowest BCUT2D eigenvalue weighted by Gasteiger charge is -2.28. The van der Waals surface area contributed by atoms with Crippen LogP contribution in [0.15, 0.2) is 18.2 Å². The van der Waals surface area contributed by atoms with Crippen LogP contribution in [0.25, 0.3) is 0 Å². The number of ether oxygens (including phenoxy) is 2. The molecule has 1 N–H and O–H groups in total. The molecule has 19 heavy (non-hydrogen) atoms. The van der Waals surface area contributed by atoms with Crippen molar-refractivity contribution in [1.82, 2.24) is 10.2 Å². The number of hydrogen-bond acceptors (Lipinski definition) is 4. The predicted molar refractivity (Wildman–Crippen MR) is 76.6 cm³/mol. The van der Waals surface area contributed by atoms with Crippen molar-refractivity contribution in [2.45, 2.75) is 20.4 Å². The molecule has 0 saturated carbocycles. The molecule has 0 fully saturated rings. The van der Waals surface area contributed by atoms with Crippen LogP contribution >= 0.6 is 0 Å². The van der Waals surface area contributed by atoms with Crippen LogP contribution in [0.5, 0.6) is 11.5 Å². The molecule has 0 saturated heterocycles. The highest BCUT2D eigenvalue weighted by molar-refractivity contribution is 5.48. The molecule has 1 aromatic carbocycles. The SMILES string of the molecule is CN(C)CC(C)(C)CNCc1cccc2c1OCO2. The molecule has 0 amide bonds. The zero-order valence-electron chi connectivity index (χ0n) is 12.3. The first-order valence-corrected chi connectivity index (χ1v) is 6.71. The summed E-state index contributed by atoms with van der Waals surface area (Å²) in [7, 11) is 4.22. The van der Waals surface area contributed by atoms with Gasteiger partial charge in [0, 0.05) is 25.2 Å². The van der Waals surface area contributed by atoms with Crippen molar-refractivity contribution in [2.75, 3.05) is 34.0 Å². The summed E-state index contributed by atoms with van der Waals surface area (Å²) in [6, 6.07) is 6.04. The van der Waals surface area contributed by atoms with E-state index >= 15 is 0 Å². The maximum absolute atomic E-state index is 5.51. The highest BCUT2D eigenvalue weighted by Gasteiger charge is 2.20. The standard InChI is InChI=1S/C15H24N2O2/c1-15(2,10-17(3)4)9-16-8-12-6-5-7-13-14(12)19-11-18-13/h5-7,16H,8-11H2,1-4H3. The lowest BCUT2D eigenvalue weighted by atomic mass is 9.93. The Morgan fingerprint density at radius 3 is 2.79 bits per heavy atom. The minimum absolute atomic E-state index is 0.249. The maximum Gasteiger partial charge on any atom is 0.231 e. The third kappa shape index (κ3) is 3.85. The van der Waals surface area contributed by atoms with Crippen molar-refractivity contribution in [3.8, 4) is 11.5 Å². The average Bonchev–Trinajstić information content (AvgIpc) is 2.75.